The number of ether oxygens (including phenoxy) is 1. The average molecular weight is 304 g/mol. The Morgan fingerprint density at radius 2 is 2.00 bits per heavy atom. The van der Waals surface area contributed by atoms with E-state index >= 15 is 0 Å². The van der Waals surface area contributed by atoms with E-state index in [9.17, 15) is 4.79 Å². The zero-order valence-electron chi connectivity index (χ0n) is 13.1. The summed E-state index contributed by atoms with van der Waals surface area (Å²) in [6.45, 7) is 4.18. The molecule has 0 aromatic carbocycles. The molecule has 0 radical (unpaired) electrons. The molecular weight excluding hydrogens is 284 g/mol. The third-order valence-corrected chi connectivity index (χ3v) is 3.14. The number of hydrogen-bond acceptors (Lipinski definition) is 6. The molecule has 1 amide bonds. The van der Waals surface area contributed by atoms with Gasteiger partial charge in [0.2, 0.25) is 0 Å². The lowest BCUT2D eigenvalue weighted by atomic mass is 10.0. The molecule has 0 saturated heterocycles. The number of nitrogens with one attached hydrogen (secondary N) is 1. The highest BCUT2D eigenvalue weighted by Crippen LogP contribution is 2.19. The number of amides is 1. The van der Waals surface area contributed by atoms with E-state index in [0.717, 1.165) is 12.2 Å². The largest absolute Gasteiger partial charge is 0.467 e. The van der Waals surface area contributed by atoms with Gasteiger partial charge in [0, 0.05) is 19.4 Å². The van der Waals surface area contributed by atoms with Crippen molar-refractivity contribution in [1.29, 1.82) is 0 Å². The van der Waals surface area contributed by atoms with Gasteiger partial charge in [-0.15, -0.1) is 0 Å². The Balaban J connectivity index is 2.15. The molecule has 1 N–H and O–H groups in total. The van der Waals surface area contributed by atoms with Crippen molar-refractivity contribution in [3.8, 4) is 6.01 Å². The summed E-state index contributed by atoms with van der Waals surface area (Å²) in [6.07, 6.45) is 5.11. The molecule has 8 nitrogen and oxygen atoms in total. The molecule has 22 heavy (non-hydrogen) atoms. The number of hydrogen-bond donors (Lipinski definition) is 1. The summed E-state index contributed by atoms with van der Waals surface area (Å²) in [5, 5.41) is 7.02. The van der Waals surface area contributed by atoms with Crippen LogP contribution in [0.4, 0.5) is 0 Å². The van der Waals surface area contributed by atoms with Crippen LogP contribution in [0.25, 0.3) is 0 Å². The number of carbonyl (C=O) groups excluding carboxylic acids is 1. The van der Waals surface area contributed by atoms with Crippen LogP contribution in [0.2, 0.25) is 0 Å². The van der Waals surface area contributed by atoms with Crippen molar-refractivity contribution in [3.63, 3.8) is 0 Å². The molecule has 0 bridgehead atoms. The SMILES string of the molecule is COc1ncc(C(=O)N[C@H](CC(C)C)c2ncnn2C)cn1. The molecule has 2 aromatic rings. The van der Waals surface area contributed by atoms with E-state index in [2.05, 4.69) is 39.2 Å². The first kappa shape index (κ1) is 15.9. The molecule has 8 heteroatoms. The lowest BCUT2D eigenvalue weighted by molar-refractivity contribution is 0.0928. The summed E-state index contributed by atoms with van der Waals surface area (Å²) < 4.78 is 6.55. The van der Waals surface area contributed by atoms with Crippen LogP contribution in [0.15, 0.2) is 18.7 Å². The summed E-state index contributed by atoms with van der Waals surface area (Å²) >= 11 is 0. The fraction of sp³-hybridized carbons (Fsp3) is 0.500. The molecule has 0 saturated carbocycles. The third kappa shape index (κ3) is 3.78. The summed E-state index contributed by atoms with van der Waals surface area (Å²) in [5.74, 6) is 0.863. The molecule has 0 spiro atoms. The molecule has 2 heterocycles. The second-order valence-corrected chi connectivity index (χ2v) is 5.36. The van der Waals surface area contributed by atoms with Gasteiger partial charge in [-0.25, -0.2) is 15.0 Å². The van der Waals surface area contributed by atoms with Crippen molar-refractivity contribution in [3.05, 3.63) is 30.1 Å². The molecular formula is C14H20N6O2. The zero-order valence-corrected chi connectivity index (χ0v) is 13.1. The molecule has 0 aliphatic rings. The predicted octanol–water partition coefficient (Wildman–Crippen LogP) is 1.13. The molecule has 2 aromatic heterocycles. The smallest absolute Gasteiger partial charge is 0.316 e. The van der Waals surface area contributed by atoms with Crippen LogP contribution in [0.3, 0.4) is 0 Å². The van der Waals surface area contributed by atoms with Gasteiger partial charge in [-0.3, -0.25) is 9.48 Å². The number of nitrogens with zero attached hydrogens (tertiary/aromatic N) is 5. The lowest BCUT2D eigenvalue weighted by Crippen LogP contribution is -2.31. The number of methoxy groups -OCH3 is 1. The fourth-order valence-electron chi connectivity index (χ4n) is 2.10. The van der Waals surface area contributed by atoms with E-state index < -0.39 is 0 Å². The summed E-state index contributed by atoms with van der Waals surface area (Å²) in [4.78, 5) is 24.5. The normalized spacial score (nSPS) is 12.2. The number of carbonyl (C=O) groups is 1. The van der Waals surface area contributed by atoms with Crippen molar-refractivity contribution >= 4 is 5.91 Å². The van der Waals surface area contributed by atoms with E-state index in [4.69, 9.17) is 4.74 Å². The van der Waals surface area contributed by atoms with E-state index in [1.165, 1.54) is 25.8 Å². The van der Waals surface area contributed by atoms with Crippen LogP contribution in [-0.2, 0) is 7.05 Å². The standard InChI is InChI=1S/C14H20N6O2/c1-9(2)5-11(12-17-8-18-20(12)3)19-13(21)10-6-15-14(22-4)16-7-10/h6-9,11H,5H2,1-4H3,(H,19,21)/t11-/m1/s1. The van der Waals surface area contributed by atoms with E-state index in [0.29, 0.717) is 11.5 Å². The third-order valence-electron chi connectivity index (χ3n) is 3.14. The van der Waals surface area contributed by atoms with E-state index in [-0.39, 0.29) is 18.0 Å². The minimum absolute atomic E-state index is 0.220. The Labute approximate surface area is 128 Å². The molecule has 0 unspecified atom stereocenters. The van der Waals surface area contributed by atoms with Crippen LogP contribution < -0.4 is 10.1 Å². The lowest BCUT2D eigenvalue weighted by Gasteiger charge is -2.19. The van der Waals surface area contributed by atoms with Crippen molar-refractivity contribution < 1.29 is 9.53 Å². The van der Waals surface area contributed by atoms with E-state index in [1.54, 1.807) is 11.7 Å². The quantitative estimate of drug-likeness (QED) is 0.859. The molecule has 0 aliphatic heterocycles. The topological polar surface area (TPSA) is 94.8 Å². The fourth-order valence-corrected chi connectivity index (χ4v) is 2.10. The second-order valence-electron chi connectivity index (χ2n) is 5.36. The number of aromatic nitrogens is 5. The summed E-state index contributed by atoms with van der Waals surface area (Å²) in [6, 6.07) is 0.00526. The van der Waals surface area contributed by atoms with Crippen LogP contribution in [0.5, 0.6) is 6.01 Å². The van der Waals surface area contributed by atoms with Crippen molar-refractivity contribution in [2.45, 2.75) is 26.3 Å². The first-order valence-electron chi connectivity index (χ1n) is 7.02. The highest BCUT2D eigenvalue weighted by Gasteiger charge is 2.21. The van der Waals surface area contributed by atoms with Gasteiger partial charge in [0.05, 0.1) is 18.7 Å². The van der Waals surface area contributed by atoms with Crippen molar-refractivity contribution in [1.82, 2.24) is 30.0 Å². The maximum atomic E-state index is 12.4. The maximum Gasteiger partial charge on any atom is 0.316 e. The Morgan fingerprint density at radius 3 is 2.50 bits per heavy atom. The van der Waals surface area contributed by atoms with Crippen molar-refractivity contribution in [2.24, 2.45) is 13.0 Å². The van der Waals surface area contributed by atoms with Gasteiger partial charge in [-0.1, -0.05) is 13.8 Å². The molecule has 0 aliphatic carbocycles. The Morgan fingerprint density at radius 1 is 1.32 bits per heavy atom. The molecule has 1 atom stereocenters. The highest BCUT2D eigenvalue weighted by molar-refractivity contribution is 5.93. The van der Waals surface area contributed by atoms with Crippen LogP contribution in [0, 0.1) is 5.92 Å². The molecule has 2 rings (SSSR count). The summed E-state index contributed by atoms with van der Waals surface area (Å²) in [5.41, 5.74) is 0.372. The molecule has 0 fully saturated rings. The van der Waals surface area contributed by atoms with Gasteiger partial charge in [-0.05, 0) is 12.3 Å². The Bertz CT molecular complexity index is 623. The second kappa shape index (κ2) is 6.97. The molecule has 118 valence electrons. The van der Waals surface area contributed by atoms with Crippen LogP contribution in [0.1, 0.15) is 42.5 Å². The van der Waals surface area contributed by atoms with Gasteiger partial charge in [0.1, 0.15) is 12.2 Å². The van der Waals surface area contributed by atoms with Crippen LogP contribution >= 0.6 is 0 Å². The van der Waals surface area contributed by atoms with E-state index in [1.807, 2.05) is 0 Å². The minimum Gasteiger partial charge on any atom is -0.467 e. The van der Waals surface area contributed by atoms with Gasteiger partial charge in [-0.2, -0.15) is 5.10 Å². The first-order chi connectivity index (χ1) is 10.5. The number of aryl methyl sites for hydroxylation is 1. The Kier molecular flexibility index (Phi) is 5.03. The monoisotopic (exact) mass is 304 g/mol. The van der Waals surface area contributed by atoms with Gasteiger partial charge >= 0.3 is 6.01 Å². The van der Waals surface area contributed by atoms with Gasteiger partial charge in [0.25, 0.3) is 5.91 Å². The predicted molar refractivity (Wildman–Crippen MR) is 79.2 cm³/mol. The summed E-state index contributed by atoms with van der Waals surface area (Å²) in [7, 11) is 3.28. The zero-order chi connectivity index (χ0) is 16.1. The van der Waals surface area contributed by atoms with Gasteiger partial charge in [0.15, 0.2) is 0 Å². The minimum atomic E-state index is -0.253. The maximum absolute atomic E-state index is 12.4. The Hall–Kier alpha value is -2.51. The van der Waals surface area contributed by atoms with Gasteiger partial charge < -0.3 is 10.1 Å². The first-order valence-corrected chi connectivity index (χ1v) is 7.02. The number of rotatable bonds is 6. The highest BCUT2D eigenvalue weighted by atomic mass is 16.5. The van der Waals surface area contributed by atoms with Crippen LogP contribution in [-0.4, -0.2) is 37.7 Å². The average Bonchev–Trinajstić information content (AvgIpc) is 2.92. The van der Waals surface area contributed by atoms with Crippen molar-refractivity contribution in [2.75, 3.05) is 7.11 Å².